The molecule has 2 aromatic heterocycles. The van der Waals surface area contributed by atoms with Gasteiger partial charge in [0.1, 0.15) is 5.69 Å². The molecule has 0 atom stereocenters. The van der Waals surface area contributed by atoms with Gasteiger partial charge >= 0.3 is 6.18 Å². The zero-order valence-electron chi connectivity index (χ0n) is 21.2. The van der Waals surface area contributed by atoms with E-state index in [0.29, 0.717) is 5.56 Å². The number of hydrogen-bond acceptors (Lipinski definition) is 6. The van der Waals surface area contributed by atoms with Crippen molar-refractivity contribution in [2.75, 3.05) is 18.5 Å². The van der Waals surface area contributed by atoms with Gasteiger partial charge in [0.2, 0.25) is 5.88 Å². The number of carbonyl (C=O) groups is 2. The van der Waals surface area contributed by atoms with E-state index in [1.54, 1.807) is 33.8 Å². The summed E-state index contributed by atoms with van der Waals surface area (Å²) >= 11 is 12.4. The van der Waals surface area contributed by atoms with Crippen LogP contribution >= 0.6 is 23.2 Å². The lowest BCUT2D eigenvalue weighted by Gasteiger charge is -2.41. The lowest BCUT2D eigenvalue weighted by Crippen LogP contribution is -2.64. The molecule has 4 rings (SSSR count). The van der Waals surface area contributed by atoms with Gasteiger partial charge in [-0.3, -0.25) is 9.59 Å². The van der Waals surface area contributed by atoms with Gasteiger partial charge in [-0.1, -0.05) is 23.2 Å². The van der Waals surface area contributed by atoms with Crippen molar-refractivity contribution in [1.82, 2.24) is 20.1 Å². The first-order valence-electron chi connectivity index (χ1n) is 11.6. The van der Waals surface area contributed by atoms with E-state index in [4.69, 9.17) is 32.7 Å². The molecule has 2 N–H and O–H groups in total. The lowest BCUT2D eigenvalue weighted by molar-refractivity contribution is -0.323. The number of nitrogens with one attached hydrogen (secondary N) is 2. The molecule has 14 heteroatoms. The van der Waals surface area contributed by atoms with E-state index in [9.17, 15) is 22.8 Å². The Bertz CT molecular complexity index is 1430. The number of aromatic nitrogens is 3. The normalized spacial score (nSPS) is 14.9. The molecule has 2 amide bonds. The second-order valence-electron chi connectivity index (χ2n) is 9.98. The largest absolute Gasteiger partial charge is 0.455 e. The number of benzene rings is 1. The molecular formula is C25H24Cl2F3N5O4. The van der Waals surface area contributed by atoms with Crippen LogP contribution in [0.1, 0.15) is 47.2 Å². The Morgan fingerprint density at radius 1 is 1.13 bits per heavy atom. The fraction of sp³-hybridized carbons (Fsp3) is 0.360. The van der Waals surface area contributed by atoms with Crippen LogP contribution in [0.5, 0.6) is 5.88 Å². The van der Waals surface area contributed by atoms with Crippen molar-refractivity contribution < 1.29 is 32.2 Å². The Morgan fingerprint density at radius 2 is 1.82 bits per heavy atom. The summed E-state index contributed by atoms with van der Waals surface area (Å²) in [4.78, 5) is 30.7. The summed E-state index contributed by atoms with van der Waals surface area (Å²) in [5, 5.41) is 9.88. The van der Waals surface area contributed by atoms with E-state index < -0.39 is 48.2 Å². The Balaban J connectivity index is 1.76. The van der Waals surface area contributed by atoms with E-state index in [1.807, 2.05) is 0 Å². The zero-order valence-corrected chi connectivity index (χ0v) is 22.8. The number of aryl methyl sites for hydroxylation is 1. The van der Waals surface area contributed by atoms with E-state index in [1.165, 1.54) is 24.4 Å². The van der Waals surface area contributed by atoms with Crippen LogP contribution in [0.15, 0.2) is 36.5 Å². The molecule has 0 bridgehead atoms. The second-order valence-corrected chi connectivity index (χ2v) is 10.8. The summed E-state index contributed by atoms with van der Waals surface area (Å²) in [5.41, 5.74) is -2.75. The molecule has 1 saturated heterocycles. The first-order valence-corrected chi connectivity index (χ1v) is 12.3. The van der Waals surface area contributed by atoms with Crippen LogP contribution in [0.2, 0.25) is 10.0 Å². The Labute approximate surface area is 231 Å². The Morgan fingerprint density at radius 3 is 2.38 bits per heavy atom. The van der Waals surface area contributed by atoms with Crippen LogP contribution in [0.4, 0.5) is 18.9 Å². The molecule has 0 spiro atoms. The van der Waals surface area contributed by atoms with Crippen molar-refractivity contribution in [3.05, 3.63) is 63.4 Å². The first-order chi connectivity index (χ1) is 18.1. The van der Waals surface area contributed by atoms with Gasteiger partial charge in [0.25, 0.3) is 17.4 Å². The lowest BCUT2D eigenvalue weighted by atomic mass is 10.0. The Hall–Kier alpha value is -3.35. The highest BCUT2D eigenvalue weighted by molar-refractivity contribution is 6.32. The van der Waals surface area contributed by atoms with Gasteiger partial charge in [-0.05, 0) is 57.5 Å². The predicted molar refractivity (Wildman–Crippen MR) is 138 cm³/mol. The summed E-state index contributed by atoms with van der Waals surface area (Å²) in [6.07, 6.45) is -3.38. The number of carbonyl (C=O) groups excluding carboxylic acids is 2. The van der Waals surface area contributed by atoms with Crippen molar-refractivity contribution in [3.63, 3.8) is 0 Å². The second kappa shape index (κ2) is 10.3. The van der Waals surface area contributed by atoms with Gasteiger partial charge in [0.05, 0.1) is 29.5 Å². The first kappa shape index (κ1) is 28.7. The molecule has 0 radical (unpaired) electrons. The van der Waals surface area contributed by atoms with Gasteiger partial charge in [-0.15, -0.1) is 5.10 Å². The number of anilines is 1. The van der Waals surface area contributed by atoms with E-state index in [2.05, 4.69) is 20.7 Å². The third-order valence-corrected chi connectivity index (χ3v) is 6.13. The maximum atomic E-state index is 13.7. The smallest absolute Gasteiger partial charge is 0.432 e. The van der Waals surface area contributed by atoms with Crippen LogP contribution in [-0.2, 0) is 4.74 Å². The minimum atomic E-state index is -4.75. The molecule has 1 aliphatic rings. The van der Waals surface area contributed by atoms with E-state index in [0.717, 1.165) is 10.7 Å². The third kappa shape index (κ3) is 5.97. The van der Waals surface area contributed by atoms with Gasteiger partial charge < -0.3 is 20.1 Å². The van der Waals surface area contributed by atoms with Crippen molar-refractivity contribution in [1.29, 1.82) is 0 Å². The number of rotatable bonds is 6. The molecule has 0 aliphatic carbocycles. The SMILES string of the molecule is Cc1cc(Cl)cc(C(=O)NC(C)(C)C)c1NC(=O)c1cc(OC2(C(F)(F)F)COC2)nn1-c1ncccc1Cl. The summed E-state index contributed by atoms with van der Waals surface area (Å²) in [6, 6.07) is 7.00. The van der Waals surface area contributed by atoms with E-state index >= 15 is 0 Å². The number of halogens is 5. The minimum Gasteiger partial charge on any atom is -0.455 e. The maximum absolute atomic E-state index is 13.7. The molecular weight excluding hydrogens is 562 g/mol. The average Bonchev–Trinajstić information content (AvgIpc) is 3.19. The average molecular weight is 586 g/mol. The van der Waals surface area contributed by atoms with Crippen LogP contribution in [0.3, 0.4) is 0 Å². The maximum Gasteiger partial charge on any atom is 0.432 e. The van der Waals surface area contributed by atoms with Gasteiger partial charge in [-0.2, -0.15) is 13.2 Å². The van der Waals surface area contributed by atoms with Crippen molar-refractivity contribution in [2.24, 2.45) is 0 Å². The summed E-state index contributed by atoms with van der Waals surface area (Å²) in [6.45, 7) is 5.55. The van der Waals surface area contributed by atoms with Crippen LogP contribution in [-0.4, -0.2) is 57.1 Å². The van der Waals surface area contributed by atoms with Crippen LogP contribution < -0.4 is 15.4 Å². The summed E-state index contributed by atoms with van der Waals surface area (Å²) in [5.74, 6) is -1.84. The molecule has 1 aliphatic heterocycles. The summed E-state index contributed by atoms with van der Waals surface area (Å²) < 4.78 is 52.0. The molecule has 3 aromatic rings. The van der Waals surface area contributed by atoms with Gasteiger partial charge in [0.15, 0.2) is 5.82 Å². The number of alkyl halides is 3. The van der Waals surface area contributed by atoms with Crippen LogP contribution in [0.25, 0.3) is 5.82 Å². The molecule has 9 nitrogen and oxygen atoms in total. The molecule has 0 saturated carbocycles. The summed E-state index contributed by atoms with van der Waals surface area (Å²) in [7, 11) is 0. The quantitative estimate of drug-likeness (QED) is 0.402. The molecule has 1 aromatic carbocycles. The minimum absolute atomic E-state index is 0.0244. The number of ether oxygens (including phenoxy) is 2. The molecule has 3 heterocycles. The van der Waals surface area contributed by atoms with Gasteiger partial charge in [0, 0.05) is 22.8 Å². The molecule has 208 valence electrons. The van der Waals surface area contributed by atoms with Crippen molar-refractivity contribution in [2.45, 2.75) is 45.0 Å². The Kier molecular flexibility index (Phi) is 7.58. The molecule has 0 unspecified atom stereocenters. The fourth-order valence-electron chi connectivity index (χ4n) is 3.71. The van der Waals surface area contributed by atoms with Crippen molar-refractivity contribution >= 4 is 40.7 Å². The number of amides is 2. The fourth-order valence-corrected chi connectivity index (χ4v) is 4.18. The highest BCUT2D eigenvalue weighted by Gasteiger charge is 2.63. The van der Waals surface area contributed by atoms with Crippen LogP contribution in [0, 0.1) is 6.92 Å². The highest BCUT2D eigenvalue weighted by Crippen LogP contribution is 2.40. The molecule has 1 fully saturated rings. The van der Waals surface area contributed by atoms with E-state index in [-0.39, 0.29) is 32.8 Å². The standard InChI is InChI=1S/C25H24Cl2F3N5O4/c1-13-8-14(26)9-15(21(36)33-23(2,3)4)19(13)32-22(37)17-10-18(39-24(11-38-12-24)25(28,29)30)34-35(17)20-16(27)6-5-7-31-20/h5-10H,11-12H2,1-4H3,(H,32,37)(H,33,36). The number of hydrogen-bond donors (Lipinski definition) is 2. The highest BCUT2D eigenvalue weighted by atomic mass is 35.5. The zero-order chi connectivity index (χ0) is 28.8. The number of pyridine rings is 1. The van der Waals surface area contributed by atoms with Crippen molar-refractivity contribution in [3.8, 4) is 11.7 Å². The third-order valence-electron chi connectivity index (χ3n) is 5.62. The monoisotopic (exact) mass is 585 g/mol. The number of nitrogens with zero attached hydrogens (tertiary/aromatic N) is 3. The predicted octanol–water partition coefficient (Wildman–Crippen LogP) is 5.37. The molecule has 39 heavy (non-hydrogen) atoms. The van der Waals surface area contributed by atoms with Gasteiger partial charge in [-0.25, -0.2) is 9.67 Å². The topological polar surface area (TPSA) is 107 Å².